The molecule has 14 heteroatoms. The monoisotopic (exact) mass is 499 g/mol. The van der Waals surface area contributed by atoms with E-state index in [0.29, 0.717) is 26.3 Å². The molecule has 3 aromatic rings. The molecule has 3 aromatic heterocycles. The Hall–Kier alpha value is -4.51. The van der Waals surface area contributed by atoms with E-state index in [2.05, 4.69) is 31.0 Å². The zero-order chi connectivity index (χ0) is 25.5. The molecule has 1 fully saturated rings. The van der Waals surface area contributed by atoms with Crippen molar-refractivity contribution >= 4 is 29.2 Å². The number of rotatable bonds is 9. The Balaban J connectivity index is 1.55. The van der Waals surface area contributed by atoms with Crippen LogP contribution >= 0.6 is 0 Å². The second kappa shape index (κ2) is 11.3. The maximum Gasteiger partial charge on any atom is 0.404 e. The van der Waals surface area contributed by atoms with Crippen molar-refractivity contribution in [2.75, 3.05) is 48.4 Å². The van der Waals surface area contributed by atoms with Crippen molar-refractivity contribution in [2.24, 2.45) is 0 Å². The van der Waals surface area contributed by atoms with Crippen LogP contribution in [0.5, 0.6) is 0 Å². The van der Waals surface area contributed by atoms with Crippen molar-refractivity contribution in [1.29, 1.82) is 5.26 Å². The van der Waals surface area contributed by atoms with Gasteiger partial charge in [0, 0.05) is 38.1 Å². The molecule has 1 unspecified atom stereocenters. The highest BCUT2D eigenvalue weighted by Crippen LogP contribution is 2.26. The minimum absolute atomic E-state index is 0.0224. The first-order valence-corrected chi connectivity index (χ1v) is 11.0. The van der Waals surface area contributed by atoms with Crippen LogP contribution < -0.4 is 20.9 Å². The van der Waals surface area contributed by atoms with E-state index in [1.165, 1.54) is 12.3 Å². The second-order valence-electron chi connectivity index (χ2n) is 7.84. The second-order valence-corrected chi connectivity index (χ2v) is 7.84. The Kier molecular flexibility index (Phi) is 7.71. The van der Waals surface area contributed by atoms with Gasteiger partial charge < -0.3 is 30.7 Å². The van der Waals surface area contributed by atoms with Gasteiger partial charge in [-0.3, -0.25) is 4.68 Å². The van der Waals surface area contributed by atoms with Crippen molar-refractivity contribution < 1.29 is 23.4 Å². The number of ether oxygens (including phenoxy) is 1. The number of aromatic nitrogens is 4. The Morgan fingerprint density at radius 2 is 2.06 bits per heavy atom. The number of nitrogens with zero attached hydrogens (tertiary/aromatic N) is 6. The van der Waals surface area contributed by atoms with Crippen LogP contribution in [-0.2, 0) is 11.3 Å². The molecule has 0 bridgehead atoms. The third-order valence-corrected chi connectivity index (χ3v) is 5.30. The minimum Gasteiger partial charge on any atom is -0.465 e. The number of morpholine rings is 1. The van der Waals surface area contributed by atoms with Gasteiger partial charge in [-0.1, -0.05) is 0 Å². The summed E-state index contributed by atoms with van der Waals surface area (Å²) in [6.07, 6.45) is 3.38. The summed E-state index contributed by atoms with van der Waals surface area (Å²) in [5, 5.41) is 30.4. The maximum atomic E-state index is 14.8. The Morgan fingerprint density at radius 3 is 2.72 bits per heavy atom. The quantitative estimate of drug-likeness (QED) is 0.344. The van der Waals surface area contributed by atoms with E-state index in [1.807, 2.05) is 6.07 Å². The molecule has 4 rings (SSSR count). The normalized spacial score (nSPS) is 14.1. The first-order chi connectivity index (χ1) is 17.4. The fraction of sp³-hybridized carbons (Fsp3) is 0.318. The van der Waals surface area contributed by atoms with Crippen LogP contribution in [0.4, 0.5) is 36.7 Å². The summed E-state index contributed by atoms with van der Waals surface area (Å²) in [5.41, 5.74) is 0.106. The lowest BCUT2D eigenvalue weighted by Gasteiger charge is -2.28. The van der Waals surface area contributed by atoms with Crippen LogP contribution in [0.3, 0.4) is 0 Å². The Bertz CT molecular complexity index is 1240. The van der Waals surface area contributed by atoms with E-state index in [4.69, 9.17) is 9.84 Å². The Morgan fingerprint density at radius 1 is 1.25 bits per heavy atom. The number of hydrogen-bond acceptors (Lipinski definition) is 9. The SMILES string of the molecule is N#Cc1cc(F)c(NC(CNC(=O)O)Cn2cccn2)nc1Nc1cnc(N2CCOCC2)c(F)c1. The molecule has 0 aliphatic carbocycles. The van der Waals surface area contributed by atoms with Gasteiger partial charge in [0.15, 0.2) is 29.1 Å². The molecular weight excluding hydrogens is 476 g/mol. The number of halogens is 2. The highest BCUT2D eigenvalue weighted by Gasteiger charge is 2.20. The zero-order valence-corrected chi connectivity index (χ0v) is 19.0. The molecular formula is C22H23F2N9O3. The summed E-state index contributed by atoms with van der Waals surface area (Å²) in [6.45, 7) is 2.11. The van der Waals surface area contributed by atoms with Gasteiger partial charge in [-0.15, -0.1) is 0 Å². The minimum atomic E-state index is -1.24. The lowest BCUT2D eigenvalue weighted by molar-refractivity contribution is 0.122. The third-order valence-electron chi connectivity index (χ3n) is 5.30. The fourth-order valence-corrected chi connectivity index (χ4v) is 3.61. The van der Waals surface area contributed by atoms with Crippen LogP contribution in [0, 0.1) is 23.0 Å². The standard InChI is InChI=1S/C22H23F2N9O3/c23-17-8-14(10-25)19(29-15-9-18(24)21(26-11-15)32-4-6-36-7-5-32)31-20(17)30-16(12-27-22(34)35)13-33-3-1-2-28-33/h1-3,8-9,11,16,27H,4-7,12-13H2,(H,34,35)(H2,29,30,31). The lowest BCUT2D eigenvalue weighted by atomic mass is 10.2. The van der Waals surface area contributed by atoms with E-state index < -0.39 is 23.8 Å². The van der Waals surface area contributed by atoms with Crippen LogP contribution in [-0.4, -0.2) is 69.8 Å². The van der Waals surface area contributed by atoms with Gasteiger partial charge in [-0.05, 0) is 12.1 Å². The molecule has 0 saturated carbocycles. The third kappa shape index (κ3) is 6.13. The van der Waals surface area contributed by atoms with Crippen molar-refractivity contribution in [1.82, 2.24) is 25.1 Å². The molecule has 1 saturated heterocycles. The average molecular weight is 499 g/mol. The predicted octanol–water partition coefficient (Wildman–Crippen LogP) is 2.15. The fourth-order valence-electron chi connectivity index (χ4n) is 3.61. The van der Waals surface area contributed by atoms with Crippen molar-refractivity contribution in [3.05, 3.63) is 54.0 Å². The lowest BCUT2D eigenvalue weighted by Crippen LogP contribution is -2.39. The number of nitrogens with one attached hydrogen (secondary N) is 3. The summed E-state index contributed by atoms with van der Waals surface area (Å²) < 4.78 is 36.3. The molecule has 0 aromatic carbocycles. The number of carbonyl (C=O) groups is 1. The van der Waals surface area contributed by atoms with E-state index in [1.54, 1.807) is 28.0 Å². The molecule has 36 heavy (non-hydrogen) atoms. The van der Waals surface area contributed by atoms with E-state index in [9.17, 15) is 18.8 Å². The summed E-state index contributed by atoms with van der Waals surface area (Å²) in [4.78, 5) is 21.1. The van der Waals surface area contributed by atoms with Crippen molar-refractivity contribution in [3.8, 4) is 6.07 Å². The molecule has 0 spiro atoms. The molecule has 1 aliphatic heterocycles. The van der Waals surface area contributed by atoms with Crippen molar-refractivity contribution in [3.63, 3.8) is 0 Å². The largest absolute Gasteiger partial charge is 0.465 e. The smallest absolute Gasteiger partial charge is 0.404 e. The molecule has 188 valence electrons. The maximum absolute atomic E-state index is 14.8. The first-order valence-electron chi connectivity index (χ1n) is 11.0. The van der Waals surface area contributed by atoms with Crippen LogP contribution in [0.2, 0.25) is 0 Å². The predicted molar refractivity (Wildman–Crippen MR) is 125 cm³/mol. The van der Waals surface area contributed by atoms with Crippen molar-refractivity contribution in [2.45, 2.75) is 12.6 Å². The van der Waals surface area contributed by atoms with E-state index in [-0.39, 0.29) is 41.8 Å². The number of anilines is 4. The van der Waals surface area contributed by atoms with E-state index >= 15 is 0 Å². The summed E-state index contributed by atoms with van der Waals surface area (Å²) in [7, 11) is 0. The molecule has 1 atom stereocenters. The highest BCUT2D eigenvalue weighted by molar-refractivity contribution is 5.66. The van der Waals surface area contributed by atoms with Gasteiger partial charge in [-0.25, -0.2) is 23.5 Å². The van der Waals surface area contributed by atoms with Gasteiger partial charge in [0.25, 0.3) is 0 Å². The summed E-state index contributed by atoms with van der Waals surface area (Å²) in [5.74, 6) is -1.44. The molecule has 1 aliphatic rings. The molecule has 12 nitrogen and oxygen atoms in total. The summed E-state index contributed by atoms with van der Waals surface area (Å²) >= 11 is 0. The number of hydrogen-bond donors (Lipinski definition) is 4. The van der Waals surface area contributed by atoms with E-state index in [0.717, 1.165) is 6.07 Å². The van der Waals surface area contributed by atoms with Crippen LogP contribution in [0.15, 0.2) is 36.8 Å². The number of carboxylic acid groups (broad SMARTS) is 1. The average Bonchev–Trinajstić information content (AvgIpc) is 3.38. The molecule has 0 radical (unpaired) electrons. The number of pyridine rings is 2. The number of nitriles is 1. The van der Waals surface area contributed by atoms with Gasteiger partial charge in [0.05, 0.1) is 43.2 Å². The molecule has 1 amide bonds. The molecule has 4 N–H and O–H groups in total. The highest BCUT2D eigenvalue weighted by atomic mass is 19.1. The zero-order valence-electron chi connectivity index (χ0n) is 19.0. The van der Waals surface area contributed by atoms with Gasteiger partial charge in [0.1, 0.15) is 6.07 Å². The Labute approximate surface area is 204 Å². The van der Waals surface area contributed by atoms with Crippen LogP contribution in [0.25, 0.3) is 0 Å². The number of amides is 1. The van der Waals surface area contributed by atoms with Gasteiger partial charge >= 0.3 is 6.09 Å². The van der Waals surface area contributed by atoms with Crippen LogP contribution in [0.1, 0.15) is 5.56 Å². The van der Waals surface area contributed by atoms with Gasteiger partial charge in [0.2, 0.25) is 0 Å². The first kappa shape index (κ1) is 24.6. The topological polar surface area (TPSA) is 153 Å². The van der Waals surface area contributed by atoms with Gasteiger partial charge in [-0.2, -0.15) is 10.4 Å². The molecule has 4 heterocycles. The summed E-state index contributed by atoms with van der Waals surface area (Å²) in [6, 6.07) is 5.13.